The molecule has 3 N–H and O–H groups in total. The first-order chi connectivity index (χ1) is 11.7. The standard InChI is InChI=1S/C21H21NO2.ClH/c22-21(20(23)15-16-7-3-1-4-8-16)17-11-13-19(14-12-17)24-18-9-5-2-6-10-18;/h1-14,20-21,23H,15,22H2;1H/t20-,21+;/m1./s1. The number of rotatable bonds is 6. The lowest BCUT2D eigenvalue weighted by Crippen LogP contribution is -2.28. The minimum Gasteiger partial charge on any atom is -0.457 e. The van der Waals surface area contributed by atoms with Crippen LogP contribution in [-0.4, -0.2) is 11.2 Å². The molecule has 3 aromatic carbocycles. The Kier molecular flexibility index (Phi) is 7.02. The molecule has 0 aliphatic rings. The monoisotopic (exact) mass is 355 g/mol. The van der Waals surface area contributed by atoms with E-state index in [0.29, 0.717) is 6.42 Å². The van der Waals surface area contributed by atoms with Crippen molar-refractivity contribution >= 4 is 12.4 Å². The number of aliphatic hydroxyl groups excluding tert-OH is 1. The van der Waals surface area contributed by atoms with E-state index in [4.69, 9.17) is 10.5 Å². The zero-order chi connectivity index (χ0) is 16.8. The summed E-state index contributed by atoms with van der Waals surface area (Å²) in [6.45, 7) is 0. The fourth-order valence-corrected chi connectivity index (χ4v) is 2.59. The molecule has 0 saturated heterocycles. The number of nitrogens with two attached hydrogens (primary N) is 1. The molecule has 25 heavy (non-hydrogen) atoms. The van der Waals surface area contributed by atoms with E-state index in [1.54, 1.807) is 0 Å². The molecule has 0 heterocycles. The second kappa shape index (κ2) is 9.23. The maximum absolute atomic E-state index is 10.4. The highest BCUT2D eigenvalue weighted by Crippen LogP contribution is 2.24. The van der Waals surface area contributed by atoms with Crippen LogP contribution in [0.2, 0.25) is 0 Å². The minimum absolute atomic E-state index is 0. The molecule has 0 fully saturated rings. The molecular weight excluding hydrogens is 334 g/mol. The molecule has 4 heteroatoms. The number of hydrogen-bond donors (Lipinski definition) is 2. The van der Waals surface area contributed by atoms with Crippen molar-refractivity contribution in [2.75, 3.05) is 0 Å². The van der Waals surface area contributed by atoms with Crippen molar-refractivity contribution < 1.29 is 9.84 Å². The molecule has 0 saturated carbocycles. The van der Waals surface area contributed by atoms with E-state index in [9.17, 15) is 5.11 Å². The first-order valence-corrected chi connectivity index (χ1v) is 8.03. The van der Waals surface area contributed by atoms with Crippen molar-refractivity contribution in [2.45, 2.75) is 18.6 Å². The Morgan fingerprint density at radius 3 is 1.88 bits per heavy atom. The van der Waals surface area contributed by atoms with E-state index in [2.05, 4.69) is 0 Å². The summed E-state index contributed by atoms with van der Waals surface area (Å²) in [5, 5.41) is 10.4. The third-order valence-corrected chi connectivity index (χ3v) is 3.95. The van der Waals surface area contributed by atoms with Gasteiger partial charge in [-0.25, -0.2) is 0 Å². The van der Waals surface area contributed by atoms with Gasteiger partial charge in [-0.15, -0.1) is 12.4 Å². The Morgan fingerprint density at radius 1 is 0.760 bits per heavy atom. The van der Waals surface area contributed by atoms with Gasteiger partial charge < -0.3 is 15.6 Å². The van der Waals surface area contributed by atoms with Gasteiger partial charge in [0.25, 0.3) is 0 Å². The molecule has 0 bridgehead atoms. The van der Waals surface area contributed by atoms with E-state index in [0.717, 1.165) is 22.6 Å². The summed E-state index contributed by atoms with van der Waals surface area (Å²) in [5.41, 5.74) is 8.16. The van der Waals surface area contributed by atoms with Gasteiger partial charge in [-0.1, -0.05) is 60.7 Å². The van der Waals surface area contributed by atoms with Gasteiger partial charge in [0, 0.05) is 6.42 Å². The van der Waals surface area contributed by atoms with E-state index < -0.39 is 12.1 Å². The van der Waals surface area contributed by atoms with Crippen LogP contribution in [0, 0.1) is 0 Å². The quantitative estimate of drug-likeness (QED) is 0.684. The molecule has 0 amide bonds. The van der Waals surface area contributed by atoms with Gasteiger partial charge in [0.15, 0.2) is 0 Å². The largest absolute Gasteiger partial charge is 0.457 e. The van der Waals surface area contributed by atoms with Gasteiger partial charge in [0.1, 0.15) is 11.5 Å². The van der Waals surface area contributed by atoms with Gasteiger partial charge in [-0.2, -0.15) is 0 Å². The normalized spacial score (nSPS) is 12.7. The second-order valence-electron chi connectivity index (χ2n) is 5.77. The van der Waals surface area contributed by atoms with Crippen LogP contribution in [0.15, 0.2) is 84.9 Å². The van der Waals surface area contributed by atoms with Crippen LogP contribution in [0.25, 0.3) is 0 Å². The Hall–Kier alpha value is -2.33. The molecule has 0 aliphatic heterocycles. The Labute approximate surface area is 154 Å². The molecular formula is C21H22ClNO2. The van der Waals surface area contributed by atoms with Crippen LogP contribution >= 0.6 is 12.4 Å². The lowest BCUT2D eigenvalue weighted by atomic mass is 9.97. The van der Waals surface area contributed by atoms with Crippen LogP contribution in [0.4, 0.5) is 0 Å². The van der Waals surface area contributed by atoms with Crippen LogP contribution in [-0.2, 0) is 6.42 Å². The van der Waals surface area contributed by atoms with Gasteiger partial charge in [0.2, 0.25) is 0 Å². The average Bonchev–Trinajstić information content (AvgIpc) is 2.63. The summed E-state index contributed by atoms with van der Waals surface area (Å²) in [6.07, 6.45) is -0.0992. The summed E-state index contributed by atoms with van der Waals surface area (Å²) >= 11 is 0. The molecule has 0 radical (unpaired) electrons. The van der Waals surface area contributed by atoms with Crippen molar-refractivity contribution in [3.05, 3.63) is 96.1 Å². The maximum atomic E-state index is 10.4. The molecule has 0 aliphatic carbocycles. The Bertz CT molecular complexity index is 748. The van der Waals surface area contributed by atoms with Crippen LogP contribution in [0.3, 0.4) is 0 Å². The van der Waals surface area contributed by atoms with Crippen molar-refractivity contribution in [3.63, 3.8) is 0 Å². The van der Waals surface area contributed by atoms with E-state index in [1.165, 1.54) is 0 Å². The van der Waals surface area contributed by atoms with Crippen molar-refractivity contribution in [1.82, 2.24) is 0 Å². The summed E-state index contributed by atoms with van der Waals surface area (Å²) in [7, 11) is 0. The van der Waals surface area contributed by atoms with Gasteiger partial charge in [0.05, 0.1) is 12.1 Å². The molecule has 130 valence electrons. The minimum atomic E-state index is -0.631. The number of aliphatic hydroxyl groups is 1. The number of ether oxygens (including phenoxy) is 1. The third-order valence-electron chi connectivity index (χ3n) is 3.95. The van der Waals surface area contributed by atoms with Crippen molar-refractivity contribution in [2.24, 2.45) is 5.73 Å². The fraction of sp³-hybridized carbons (Fsp3) is 0.143. The Morgan fingerprint density at radius 2 is 1.28 bits per heavy atom. The van der Waals surface area contributed by atoms with Crippen molar-refractivity contribution in [3.8, 4) is 11.5 Å². The molecule has 3 rings (SSSR count). The topological polar surface area (TPSA) is 55.5 Å². The Balaban J connectivity index is 0.00000225. The smallest absolute Gasteiger partial charge is 0.127 e. The molecule has 0 aromatic heterocycles. The molecule has 2 atom stereocenters. The molecule has 3 nitrogen and oxygen atoms in total. The number of halogens is 1. The second-order valence-corrected chi connectivity index (χ2v) is 5.77. The maximum Gasteiger partial charge on any atom is 0.127 e. The number of benzene rings is 3. The van der Waals surface area contributed by atoms with Gasteiger partial charge in [-0.05, 0) is 35.4 Å². The summed E-state index contributed by atoms with van der Waals surface area (Å²) < 4.78 is 5.77. The first-order valence-electron chi connectivity index (χ1n) is 8.03. The lowest BCUT2D eigenvalue weighted by Gasteiger charge is -2.19. The first kappa shape index (κ1) is 19.0. The number of para-hydroxylation sites is 1. The summed E-state index contributed by atoms with van der Waals surface area (Å²) in [6, 6.07) is 26.6. The zero-order valence-electron chi connectivity index (χ0n) is 13.8. The average molecular weight is 356 g/mol. The predicted molar refractivity (Wildman–Crippen MR) is 103 cm³/mol. The highest BCUT2D eigenvalue weighted by Gasteiger charge is 2.17. The van der Waals surface area contributed by atoms with Crippen molar-refractivity contribution in [1.29, 1.82) is 0 Å². The summed E-state index contributed by atoms with van der Waals surface area (Å²) in [4.78, 5) is 0. The number of hydrogen-bond acceptors (Lipinski definition) is 3. The molecule has 3 aromatic rings. The molecule has 0 spiro atoms. The zero-order valence-corrected chi connectivity index (χ0v) is 14.6. The van der Waals surface area contributed by atoms with Gasteiger partial charge >= 0.3 is 0 Å². The van der Waals surface area contributed by atoms with Gasteiger partial charge in [-0.3, -0.25) is 0 Å². The summed E-state index contributed by atoms with van der Waals surface area (Å²) in [5.74, 6) is 1.54. The third kappa shape index (κ3) is 5.33. The van der Waals surface area contributed by atoms with E-state index in [-0.39, 0.29) is 12.4 Å². The highest BCUT2D eigenvalue weighted by molar-refractivity contribution is 5.85. The SMILES string of the molecule is Cl.N[C@@H](c1ccc(Oc2ccccc2)cc1)[C@H](O)Cc1ccccc1. The van der Waals surface area contributed by atoms with Crippen LogP contribution < -0.4 is 10.5 Å². The van der Waals surface area contributed by atoms with E-state index in [1.807, 2.05) is 84.9 Å². The van der Waals surface area contributed by atoms with Crippen LogP contribution in [0.1, 0.15) is 17.2 Å². The lowest BCUT2D eigenvalue weighted by molar-refractivity contribution is 0.145. The fourth-order valence-electron chi connectivity index (χ4n) is 2.59. The molecule has 0 unspecified atom stereocenters. The highest BCUT2D eigenvalue weighted by atomic mass is 35.5. The predicted octanol–water partition coefficient (Wildman–Crippen LogP) is 4.50. The van der Waals surface area contributed by atoms with E-state index >= 15 is 0 Å². The van der Waals surface area contributed by atoms with Crippen LogP contribution in [0.5, 0.6) is 11.5 Å².